The smallest absolute Gasteiger partial charge is 0.0236 e. The highest BCUT2D eigenvalue weighted by Crippen LogP contribution is 2.27. The summed E-state index contributed by atoms with van der Waals surface area (Å²) < 4.78 is 0. The molecule has 1 N–H and O–H groups in total. The summed E-state index contributed by atoms with van der Waals surface area (Å²) in [5, 5.41) is 3.53. The lowest BCUT2D eigenvalue weighted by molar-refractivity contribution is 0.142. The molecule has 0 radical (unpaired) electrons. The summed E-state index contributed by atoms with van der Waals surface area (Å²) in [4.78, 5) is 2.64. The molecular weight excluding hydrogens is 208 g/mol. The molecule has 0 aromatic heterocycles. The molecule has 2 nitrogen and oxygen atoms in total. The van der Waals surface area contributed by atoms with Gasteiger partial charge in [-0.2, -0.15) is 0 Å². The third-order valence-corrected chi connectivity index (χ3v) is 4.44. The second kappa shape index (κ2) is 4.79. The monoisotopic (exact) mass is 230 g/mol. The van der Waals surface area contributed by atoms with E-state index in [4.69, 9.17) is 0 Å². The zero-order valence-corrected chi connectivity index (χ0v) is 10.7. The largest absolute Gasteiger partial charge is 0.316 e. The number of fused-ring (bicyclic) bond motifs is 1. The molecular formula is C15H22N2. The van der Waals surface area contributed by atoms with Crippen molar-refractivity contribution in [2.24, 2.45) is 11.8 Å². The van der Waals surface area contributed by atoms with Crippen molar-refractivity contribution in [3.8, 4) is 0 Å². The molecule has 2 aliphatic heterocycles. The van der Waals surface area contributed by atoms with E-state index in [0.717, 1.165) is 18.4 Å². The predicted octanol–water partition coefficient (Wildman–Crippen LogP) is 2.04. The van der Waals surface area contributed by atoms with Gasteiger partial charge in [0.2, 0.25) is 0 Å². The first-order valence-electron chi connectivity index (χ1n) is 6.80. The molecule has 2 saturated heterocycles. The van der Waals surface area contributed by atoms with Crippen molar-refractivity contribution in [2.45, 2.75) is 19.9 Å². The lowest BCUT2D eigenvalue weighted by atomic mass is 9.88. The van der Waals surface area contributed by atoms with Gasteiger partial charge in [0.25, 0.3) is 0 Å². The van der Waals surface area contributed by atoms with Gasteiger partial charge in [-0.25, -0.2) is 0 Å². The van der Waals surface area contributed by atoms with Crippen LogP contribution in [0.25, 0.3) is 0 Å². The van der Waals surface area contributed by atoms with Crippen molar-refractivity contribution >= 4 is 0 Å². The fourth-order valence-electron chi connectivity index (χ4n) is 3.28. The molecule has 17 heavy (non-hydrogen) atoms. The van der Waals surface area contributed by atoms with E-state index in [9.17, 15) is 0 Å². The minimum atomic E-state index is 0.896. The van der Waals surface area contributed by atoms with Gasteiger partial charge in [-0.3, -0.25) is 4.90 Å². The number of hydrogen-bond donors (Lipinski definition) is 1. The number of aryl methyl sites for hydroxylation is 1. The standard InChI is InChI=1S/C15H22N2/c1-12-4-2-3-5-14(12)10-17-7-6-13-8-16-9-15(13)11-17/h2-5,13,15-16H,6-11H2,1H3. The molecule has 92 valence electrons. The first-order valence-corrected chi connectivity index (χ1v) is 6.80. The van der Waals surface area contributed by atoms with Crippen LogP contribution < -0.4 is 5.32 Å². The van der Waals surface area contributed by atoms with Crippen molar-refractivity contribution in [1.29, 1.82) is 0 Å². The number of nitrogens with zero attached hydrogens (tertiary/aromatic N) is 1. The molecule has 2 heterocycles. The number of nitrogens with one attached hydrogen (secondary N) is 1. The van der Waals surface area contributed by atoms with Gasteiger partial charge in [-0.15, -0.1) is 0 Å². The van der Waals surface area contributed by atoms with E-state index in [2.05, 4.69) is 41.4 Å². The number of hydrogen-bond acceptors (Lipinski definition) is 2. The summed E-state index contributed by atoms with van der Waals surface area (Å²) >= 11 is 0. The molecule has 2 unspecified atom stereocenters. The van der Waals surface area contributed by atoms with Crippen LogP contribution in [-0.4, -0.2) is 31.1 Å². The van der Waals surface area contributed by atoms with Crippen molar-refractivity contribution < 1.29 is 0 Å². The SMILES string of the molecule is Cc1ccccc1CN1CCC2CNCC2C1. The van der Waals surface area contributed by atoms with Crippen LogP contribution in [0.1, 0.15) is 17.5 Å². The Morgan fingerprint density at radius 2 is 2.06 bits per heavy atom. The van der Waals surface area contributed by atoms with E-state index in [1.165, 1.54) is 43.7 Å². The van der Waals surface area contributed by atoms with Crippen LogP contribution in [0.4, 0.5) is 0 Å². The summed E-state index contributed by atoms with van der Waals surface area (Å²) in [6.45, 7) is 8.40. The fourth-order valence-corrected chi connectivity index (χ4v) is 3.28. The van der Waals surface area contributed by atoms with Gasteiger partial charge in [0.1, 0.15) is 0 Å². The molecule has 2 fully saturated rings. The highest BCUT2D eigenvalue weighted by Gasteiger charge is 2.32. The van der Waals surface area contributed by atoms with E-state index in [1.807, 2.05) is 0 Å². The second-order valence-corrected chi connectivity index (χ2v) is 5.63. The minimum absolute atomic E-state index is 0.896. The summed E-state index contributed by atoms with van der Waals surface area (Å²) in [7, 11) is 0. The Bertz CT molecular complexity index is 388. The third kappa shape index (κ3) is 2.38. The second-order valence-electron chi connectivity index (χ2n) is 5.63. The highest BCUT2D eigenvalue weighted by molar-refractivity contribution is 5.25. The van der Waals surface area contributed by atoms with Crippen molar-refractivity contribution in [1.82, 2.24) is 10.2 Å². The topological polar surface area (TPSA) is 15.3 Å². The minimum Gasteiger partial charge on any atom is -0.316 e. The van der Waals surface area contributed by atoms with Gasteiger partial charge >= 0.3 is 0 Å². The zero-order chi connectivity index (χ0) is 11.7. The maximum absolute atomic E-state index is 3.53. The first-order chi connectivity index (χ1) is 8.33. The average Bonchev–Trinajstić information content (AvgIpc) is 2.79. The molecule has 0 spiro atoms. The molecule has 2 aliphatic rings. The van der Waals surface area contributed by atoms with Gasteiger partial charge in [0, 0.05) is 13.1 Å². The van der Waals surface area contributed by atoms with E-state index in [-0.39, 0.29) is 0 Å². The van der Waals surface area contributed by atoms with E-state index < -0.39 is 0 Å². The Labute approximate surface area is 104 Å². The molecule has 2 atom stereocenters. The number of likely N-dealkylation sites (tertiary alicyclic amines) is 1. The van der Waals surface area contributed by atoms with Crippen molar-refractivity contribution in [3.05, 3.63) is 35.4 Å². The van der Waals surface area contributed by atoms with E-state index in [0.29, 0.717) is 0 Å². The Hall–Kier alpha value is -0.860. The van der Waals surface area contributed by atoms with Gasteiger partial charge < -0.3 is 5.32 Å². The summed E-state index contributed by atoms with van der Waals surface area (Å²) in [6, 6.07) is 8.78. The van der Waals surface area contributed by atoms with E-state index >= 15 is 0 Å². The zero-order valence-electron chi connectivity index (χ0n) is 10.7. The number of rotatable bonds is 2. The maximum atomic E-state index is 3.53. The van der Waals surface area contributed by atoms with Crippen molar-refractivity contribution in [2.75, 3.05) is 26.2 Å². The molecule has 0 bridgehead atoms. The third-order valence-electron chi connectivity index (χ3n) is 4.44. The molecule has 0 aliphatic carbocycles. The summed E-state index contributed by atoms with van der Waals surface area (Å²) in [6.07, 6.45) is 1.38. The molecule has 1 aromatic carbocycles. The van der Waals surface area contributed by atoms with Gasteiger partial charge in [0.15, 0.2) is 0 Å². The fraction of sp³-hybridized carbons (Fsp3) is 0.600. The van der Waals surface area contributed by atoms with Gasteiger partial charge in [-0.05, 0) is 55.9 Å². The van der Waals surface area contributed by atoms with Crippen LogP contribution >= 0.6 is 0 Å². The van der Waals surface area contributed by atoms with Gasteiger partial charge in [-0.1, -0.05) is 24.3 Å². The first kappa shape index (κ1) is 11.2. The predicted molar refractivity (Wildman–Crippen MR) is 70.9 cm³/mol. The number of benzene rings is 1. The number of piperidine rings is 1. The van der Waals surface area contributed by atoms with Crippen molar-refractivity contribution in [3.63, 3.8) is 0 Å². The van der Waals surface area contributed by atoms with Crippen LogP contribution in [0.5, 0.6) is 0 Å². The quantitative estimate of drug-likeness (QED) is 0.836. The van der Waals surface area contributed by atoms with Crippen LogP contribution in [-0.2, 0) is 6.54 Å². The van der Waals surface area contributed by atoms with Gasteiger partial charge in [0.05, 0.1) is 0 Å². The maximum Gasteiger partial charge on any atom is 0.0236 e. The molecule has 1 aromatic rings. The Kier molecular flexibility index (Phi) is 3.17. The highest BCUT2D eigenvalue weighted by atomic mass is 15.1. The van der Waals surface area contributed by atoms with Crippen LogP contribution in [0.2, 0.25) is 0 Å². The lowest BCUT2D eigenvalue weighted by Crippen LogP contribution is -2.39. The lowest BCUT2D eigenvalue weighted by Gasteiger charge is -2.34. The Balaban J connectivity index is 1.64. The Morgan fingerprint density at radius 1 is 1.24 bits per heavy atom. The molecule has 2 heteroatoms. The van der Waals surface area contributed by atoms with Crippen LogP contribution in [0.3, 0.4) is 0 Å². The van der Waals surface area contributed by atoms with Crippen LogP contribution in [0, 0.1) is 18.8 Å². The molecule has 0 amide bonds. The summed E-state index contributed by atoms with van der Waals surface area (Å²) in [5.74, 6) is 1.84. The summed E-state index contributed by atoms with van der Waals surface area (Å²) in [5.41, 5.74) is 2.93. The normalized spacial score (nSPS) is 29.2. The molecule has 0 saturated carbocycles. The van der Waals surface area contributed by atoms with Crippen LogP contribution in [0.15, 0.2) is 24.3 Å². The van der Waals surface area contributed by atoms with E-state index in [1.54, 1.807) is 0 Å². The molecule has 3 rings (SSSR count). The average molecular weight is 230 g/mol. The Morgan fingerprint density at radius 3 is 2.94 bits per heavy atom.